The average molecular weight is 494 g/mol. The first-order valence-electron chi connectivity index (χ1n) is 10.8. The van der Waals surface area contributed by atoms with Crippen molar-refractivity contribution in [1.29, 1.82) is 0 Å². The zero-order valence-electron chi connectivity index (χ0n) is 19.8. The molecule has 0 aliphatic carbocycles. The van der Waals surface area contributed by atoms with E-state index in [2.05, 4.69) is 5.32 Å². The van der Waals surface area contributed by atoms with Gasteiger partial charge in [0.2, 0.25) is 21.8 Å². The highest BCUT2D eigenvalue weighted by Crippen LogP contribution is 2.22. The fourth-order valence-electron chi connectivity index (χ4n) is 3.47. The van der Waals surface area contributed by atoms with Crippen LogP contribution in [0.25, 0.3) is 0 Å². The zero-order chi connectivity index (χ0) is 24.8. The summed E-state index contributed by atoms with van der Waals surface area (Å²) >= 11 is 5.98. The van der Waals surface area contributed by atoms with Gasteiger partial charge in [0, 0.05) is 18.1 Å². The van der Waals surface area contributed by atoms with Crippen LogP contribution in [-0.4, -0.2) is 50.5 Å². The maximum absolute atomic E-state index is 13.4. The number of sulfonamides is 1. The van der Waals surface area contributed by atoms with Crippen molar-refractivity contribution in [3.63, 3.8) is 0 Å². The molecule has 9 heteroatoms. The molecule has 7 nitrogen and oxygen atoms in total. The van der Waals surface area contributed by atoms with Crippen LogP contribution in [0.2, 0.25) is 5.02 Å². The van der Waals surface area contributed by atoms with Gasteiger partial charge >= 0.3 is 0 Å². The minimum atomic E-state index is -3.75. The van der Waals surface area contributed by atoms with Crippen molar-refractivity contribution in [3.8, 4) is 0 Å². The molecular weight excluding hydrogens is 462 g/mol. The van der Waals surface area contributed by atoms with Gasteiger partial charge in [-0.1, -0.05) is 36.7 Å². The van der Waals surface area contributed by atoms with Crippen molar-refractivity contribution in [3.05, 3.63) is 64.2 Å². The van der Waals surface area contributed by atoms with Crippen LogP contribution in [0.3, 0.4) is 0 Å². The van der Waals surface area contributed by atoms with E-state index in [1.807, 2.05) is 26.8 Å². The second-order valence-electron chi connectivity index (χ2n) is 8.23. The van der Waals surface area contributed by atoms with E-state index in [1.54, 1.807) is 43.3 Å². The summed E-state index contributed by atoms with van der Waals surface area (Å²) in [5.74, 6) is -0.773. The van der Waals surface area contributed by atoms with E-state index in [-0.39, 0.29) is 12.5 Å². The van der Waals surface area contributed by atoms with Crippen molar-refractivity contribution in [1.82, 2.24) is 10.2 Å². The molecule has 0 saturated carbocycles. The van der Waals surface area contributed by atoms with Gasteiger partial charge in [0.25, 0.3) is 0 Å². The molecule has 0 aliphatic heterocycles. The Morgan fingerprint density at radius 2 is 1.64 bits per heavy atom. The SMILES string of the molecule is CCCNC(=O)[C@@H](C)N(Cc1ccc(Cl)cc1)C(=O)CN(c1cc(C)cc(C)c1)S(C)(=O)=O. The van der Waals surface area contributed by atoms with Crippen LogP contribution >= 0.6 is 11.6 Å². The Bertz CT molecular complexity index is 1070. The summed E-state index contributed by atoms with van der Waals surface area (Å²) in [5, 5.41) is 3.37. The number of nitrogens with zero attached hydrogens (tertiary/aromatic N) is 2. The molecule has 0 aromatic heterocycles. The number of carbonyl (C=O) groups is 2. The highest BCUT2D eigenvalue weighted by atomic mass is 35.5. The predicted octanol–water partition coefficient (Wildman–Crippen LogP) is 3.67. The van der Waals surface area contributed by atoms with Crippen molar-refractivity contribution in [2.24, 2.45) is 0 Å². The van der Waals surface area contributed by atoms with Crippen LogP contribution in [0.15, 0.2) is 42.5 Å². The van der Waals surface area contributed by atoms with E-state index >= 15 is 0 Å². The minimum Gasteiger partial charge on any atom is -0.354 e. The maximum atomic E-state index is 13.4. The first-order chi connectivity index (χ1) is 15.4. The third-order valence-corrected chi connectivity index (χ3v) is 6.55. The van der Waals surface area contributed by atoms with Crippen molar-refractivity contribution >= 4 is 39.1 Å². The lowest BCUT2D eigenvalue weighted by molar-refractivity contribution is -0.139. The summed E-state index contributed by atoms with van der Waals surface area (Å²) in [6.07, 6.45) is 1.83. The zero-order valence-corrected chi connectivity index (χ0v) is 21.3. The highest BCUT2D eigenvalue weighted by molar-refractivity contribution is 7.92. The van der Waals surface area contributed by atoms with Crippen molar-refractivity contribution in [2.75, 3.05) is 23.7 Å². The Morgan fingerprint density at radius 1 is 1.06 bits per heavy atom. The summed E-state index contributed by atoms with van der Waals surface area (Å²) in [6, 6.07) is 11.6. The molecule has 0 unspecified atom stereocenters. The predicted molar refractivity (Wildman–Crippen MR) is 133 cm³/mol. The lowest BCUT2D eigenvalue weighted by Crippen LogP contribution is -2.51. The highest BCUT2D eigenvalue weighted by Gasteiger charge is 2.30. The van der Waals surface area contributed by atoms with Gasteiger partial charge in [-0.25, -0.2) is 8.42 Å². The van der Waals surface area contributed by atoms with Crippen LogP contribution < -0.4 is 9.62 Å². The Morgan fingerprint density at radius 3 is 2.15 bits per heavy atom. The molecular formula is C24H32ClN3O4S. The molecule has 0 bridgehead atoms. The average Bonchev–Trinajstić information content (AvgIpc) is 2.73. The molecule has 0 radical (unpaired) electrons. The molecule has 180 valence electrons. The monoisotopic (exact) mass is 493 g/mol. The van der Waals surface area contributed by atoms with E-state index in [4.69, 9.17) is 11.6 Å². The van der Waals surface area contributed by atoms with E-state index in [9.17, 15) is 18.0 Å². The van der Waals surface area contributed by atoms with Crippen LogP contribution in [0.1, 0.15) is 37.0 Å². The third-order valence-electron chi connectivity index (χ3n) is 5.16. The summed E-state index contributed by atoms with van der Waals surface area (Å²) in [7, 11) is -3.75. The van der Waals surface area contributed by atoms with E-state index in [0.29, 0.717) is 17.3 Å². The first-order valence-corrected chi connectivity index (χ1v) is 13.0. The number of halogens is 1. The molecule has 0 aliphatic rings. The van der Waals surface area contributed by atoms with Crippen LogP contribution in [-0.2, 0) is 26.2 Å². The van der Waals surface area contributed by atoms with Gasteiger partial charge in [-0.15, -0.1) is 0 Å². The topological polar surface area (TPSA) is 86.8 Å². The quantitative estimate of drug-likeness (QED) is 0.547. The van der Waals surface area contributed by atoms with E-state index in [0.717, 1.165) is 33.7 Å². The lowest BCUT2D eigenvalue weighted by Gasteiger charge is -2.31. The van der Waals surface area contributed by atoms with Gasteiger partial charge in [-0.05, 0) is 68.1 Å². The largest absolute Gasteiger partial charge is 0.354 e. The molecule has 1 N–H and O–H groups in total. The van der Waals surface area contributed by atoms with Gasteiger partial charge in [-0.2, -0.15) is 0 Å². The third kappa shape index (κ3) is 7.75. The van der Waals surface area contributed by atoms with Crippen LogP contribution in [0, 0.1) is 13.8 Å². The fourth-order valence-corrected chi connectivity index (χ4v) is 4.43. The summed E-state index contributed by atoms with van der Waals surface area (Å²) in [6.45, 7) is 7.53. The number of anilines is 1. The van der Waals surface area contributed by atoms with Gasteiger partial charge < -0.3 is 10.2 Å². The van der Waals surface area contributed by atoms with Crippen LogP contribution in [0.5, 0.6) is 0 Å². The standard InChI is InChI=1S/C24H32ClN3O4S/c1-6-11-26-24(30)19(4)27(15-20-7-9-21(25)10-8-20)23(29)16-28(33(5,31)32)22-13-17(2)12-18(3)14-22/h7-10,12-14,19H,6,11,15-16H2,1-5H3,(H,26,30)/t19-/m1/s1. The summed E-state index contributed by atoms with van der Waals surface area (Å²) in [4.78, 5) is 27.5. The smallest absolute Gasteiger partial charge is 0.244 e. The molecule has 0 fully saturated rings. The maximum Gasteiger partial charge on any atom is 0.244 e. The molecule has 2 aromatic carbocycles. The number of hydrogen-bond donors (Lipinski definition) is 1. The van der Waals surface area contributed by atoms with Gasteiger partial charge in [0.1, 0.15) is 12.6 Å². The molecule has 33 heavy (non-hydrogen) atoms. The molecule has 2 rings (SSSR count). The number of hydrogen-bond acceptors (Lipinski definition) is 4. The van der Waals surface area contributed by atoms with E-state index < -0.39 is 28.5 Å². The van der Waals surface area contributed by atoms with Crippen molar-refractivity contribution < 1.29 is 18.0 Å². The molecule has 2 amide bonds. The molecule has 1 atom stereocenters. The number of benzene rings is 2. The van der Waals surface area contributed by atoms with Crippen LogP contribution in [0.4, 0.5) is 5.69 Å². The van der Waals surface area contributed by atoms with Crippen molar-refractivity contribution in [2.45, 2.75) is 46.7 Å². The van der Waals surface area contributed by atoms with Gasteiger partial charge in [0.05, 0.1) is 11.9 Å². The molecule has 0 saturated heterocycles. The first kappa shape index (κ1) is 26.7. The summed E-state index contributed by atoms with van der Waals surface area (Å²) in [5.41, 5.74) is 2.96. The van der Waals surface area contributed by atoms with E-state index in [1.165, 1.54) is 4.90 Å². The Kier molecular flexibility index (Phi) is 9.31. The number of nitrogens with one attached hydrogen (secondary N) is 1. The molecule has 0 spiro atoms. The Labute approximate surface area is 201 Å². The summed E-state index contributed by atoms with van der Waals surface area (Å²) < 4.78 is 26.3. The minimum absolute atomic E-state index is 0.140. The number of carbonyl (C=O) groups excluding carboxylic acids is 2. The fraction of sp³-hybridized carbons (Fsp3) is 0.417. The Hall–Kier alpha value is -2.58. The van der Waals surface area contributed by atoms with Gasteiger partial charge in [-0.3, -0.25) is 13.9 Å². The molecule has 0 heterocycles. The number of aryl methyl sites for hydroxylation is 2. The normalized spacial score (nSPS) is 12.2. The number of rotatable bonds is 10. The second-order valence-corrected chi connectivity index (χ2v) is 10.6. The number of amides is 2. The Balaban J connectivity index is 2.39. The molecule has 2 aromatic rings. The second kappa shape index (κ2) is 11.5. The van der Waals surface area contributed by atoms with Gasteiger partial charge in [0.15, 0.2) is 0 Å². The lowest BCUT2D eigenvalue weighted by atomic mass is 10.1.